The number of ether oxygens (including phenoxy) is 1. The maximum atomic E-state index is 15.6. The molecule has 0 radical (unpaired) electrons. The van der Waals surface area contributed by atoms with Crippen LogP contribution in [0, 0.1) is 17.2 Å². The predicted molar refractivity (Wildman–Crippen MR) is 225 cm³/mol. The van der Waals surface area contributed by atoms with E-state index in [1.54, 1.807) is 45.0 Å². The molecule has 6 heterocycles. The molecule has 2 aromatic carbocycles. The number of benzene rings is 2. The molecular formula is C43H52FN11O7. The zero-order valence-electron chi connectivity index (χ0n) is 35.3. The van der Waals surface area contributed by atoms with Gasteiger partial charge >= 0.3 is 5.97 Å². The Kier molecular flexibility index (Phi) is 11.8. The minimum atomic E-state index is -1.19. The maximum absolute atomic E-state index is 15.6. The smallest absolute Gasteiger partial charge is 0.312 e. The highest BCUT2D eigenvalue weighted by Gasteiger charge is 2.47. The van der Waals surface area contributed by atoms with Crippen LogP contribution in [-0.2, 0) is 19.1 Å². The summed E-state index contributed by atoms with van der Waals surface area (Å²) in [6.07, 6.45) is 3.99. The summed E-state index contributed by atoms with van der Waals surface area (Å²) in [6, 6.07) is 8.80. The number of fused-ring (bicyclic) bond motifs is 1. The number of nitrogens with zero attached hydrogens (tertiary/aromatic N) is 9. The zero-order chi connectivity index (χ0) is 43.9. The molecule has 4 saturated heterocycles. The van der Waals surface area contributed by atoms with Crippen LogP contribution in [0.15, 0.2) is 36.4 Å². The fourth-order valence-electron chi connectivity index (χ4n) is 8.79. The van der Waals surface area contributed by atoms with Crippen LogP contribution in [-0.4, -0.2) is 137 Å². The fourth-order valence-corrected chi connectivity index (χ4v) is 8.79. The number of hydrogen-bond donors (Lipinski definition) is 2. The Morgan fingerprint density at radius 3 is 2.31 bits per heavy atom. The second-order valence-corrected chi connectivity index (χ2v) is 17.6. The number of halogens is 1. The molecule has 19 heteroatoms. The molecule has 18 nitrogen and oxygen atoms in total. The van der Waals surface area contributed by atoms with Gasteiger partial charge in [0.15, 0.2) is 18.2 Å². The molecule has 0 aliphatic carbocycles. The van der Waals surface area contributed by atoms with Gasteiger partial charge in [-0.15, -0.1) is 10.2 Å². The first kappa shape index (κ1) is 42.5. The van der Waals surface area contributed by atoms with Crippen molar-refractivity contribution in [3.63, 3.8) is 0 Å². The number of likely N-dealkylation sites (tertiary alicyclic amines) is 1. The molecule has 4 fully saturated rings. The number of piperazine rings is 1. The molecule has 5 amide bonds. The third-order valence-electron chi connectivity index (χ3n) is 12.3. The monoisotopic (exact) mass is 853 g/mol. The molecule has 2 atom stereocenters. The lowest BCUT2D eigenvalue weighted by Crippen LogP contribution is -2.56. The lowest BCUT2D eigenvalue weighted by atomic mass is 9.97. The summed E-state index contributed by atoms with van der Waals surface area (Å²) in [4.78, 5) is 92.7. The van der Waals surface area contributed by atoms with Gasteiger partial charge in [0.05, 0.1) is 22.2 Å². The summed E-state index contributed by atoms with van der Waals surface area (Å²) < 4.78 is 20.9. The van der Waals surface area contributed by atoms with Gasteiger partial charge in [0.2, 0.25) is 11.9 Å². The van der Waals surface area contributed by atoms with E-state index in [-0.39, 0.29) is 35.5 Å². The number of piperidine rings is 2. The first-order chi connectivity index (χ1) is 29.7. The van der Waals surface area contributed by atoms with Gasteiger partial charge in [-0.3, -0.25) is 38.6 Å². The minimum absolute atomic E-state index is 0.0103. The van der Waals surface area contributed by atoms with Crippen molar-refractivity contribution in [2.45, 2.75) is 65.3 Å². The van der Waals surface area contributed by atoms with Gasteiger partial charge in [-0.05, 0) is 95.2 Å². The summed E-state index contributed by atoms with van der Waals surface area (Å²) in [5.41, 5.74) is 6.69. The van der Waals surface area contributed by atoms with Crippen molar-refractivity contribution in [2.24, 2.45) is 17.1 Å². The molecule has 1 aromatic heterocycles. The number of aromatic nitrogens is 3. The van der Waals surface area contributed by atoms with E-state index in [4.69, 9.17) is 10.5 Å². The second kappa shape index (κ2) is 17.3. The average Bonchev–Trinajstić information content (AvgIpc) is 3.82. The van der Waals surface area contributed by atoms with Gasteiger partial charge in [-0.2, -0.15) is 4.98 Å². The van der Waals surface area contributed by atoms with E-state index < -0.39 is 59.5 Å². The highest BCUT2D eigenvalue weighted by Crippen LogP contribution is 2.34. The second-order valence-electron chi connectivity index (χ2n) is 17.6. The number of carbonyl (C=O) groups is 6. The summed E-state index contributed by atoms with van der Waals surface area (Å²) in [5.74, 6) is -3.39. The molecule has 0 saturated carbocycles. The number of nitrogens with one attached hydrogen (secondary N) is 1. The molecule has 3 aromatic rings. The van der Waals surface area contributed by atoms with Gasteiger partial charge in [-0.25, -0.2) is 9.29 Å². The quantitative estimate of drug-likeness (QED) is 0.210. The van der Waals surface area contributed by atoms with Crippen LogP contribution in [0.5, 0.6) is 0 Å². The number of anilines is 5. The van der Waals surface area contributed by atoms with Gasteiger partial charge in [0.1, 0.15) is 11.9 Å². The summed E-state index contributed by atoms with van der Waals surface area (Å²) in [7, 11) is 0. The van der Waals surface area contributed by atoms with E-state index >= 15 is 4.39 Å². The Hall–Kier alpha value is -6.24. The number of primary amides is 1. The highest BCUT2D eigenvalue weighted by molar-refractivity contribution is 6.23. The fraction of sp³-hybridized carbons (Fsp3) is 0.512. The number of nitrogens with two attached hydrogens (primary N) is 1. The topological polar surface area (TPSA) is 208 Å². The molecule has 328 valence electrons. The van der Waals surface area contributed by atoms with Crippen LogP contribution in [0.3, 0.4) is 0 Å². The van der Waals surface area contributed by atoms with Gasteiger partial charge < -0.3 is 30.5 Å². The van der Waals surface area contributed by atoms with Crippen LogP contribution in [0.4, 0.5) is 33.2 Å². The van der Waals surface area contributed by atoms with Crippen LogP contribution in [0.1, 0.15) is 90.5 Å². The highest BCUT2D eigenvalue weighted by atomic mass is 19.1. The van der Waals surface area contributed by atoms with E-state index in [2.05, 4.69) is 30.3 Å². The minimum Gasteiger partial charge on any atom is -0.443 e. The Labute approximate surface area is 358 Å². The first-order valence-electron chi connectivity index (χ1n) is 21.3. The normalized spacial score (nSPS) is 21.2. The Bertz CT molecular complexity index is 2290. The Morgan fingerprint density at radius 2 is 1.60 bits per heavy atom. The number of hydrogen-bond acceptors (Lipinski definition) is 15. The number of imide groups is 2. The van der Waals surface area contributed by atoms with Crippen LogP contribution in [0.2, 0.25) is 0 Å². The van der Waals surface area contributed by atoms with Crippen molar-refractivity contribution in [3.8, 4) is 0 Å². The van der Waals surface area contributed by atoms with E-state index in [1.165, 1.54) is 6.07 Å². The predicted octanol–water partition coefficient (Wildman–Crippen LogP) is 3.15. The Morgan fingerprint density at radius 1 is 0.855 bits per heavy atom. The van der Waals surface area contributed by atoms with Crippen molar-refractivity contribution < 1.29 is 37.9 Å². The molecule has 5 aliphatic heterocycles. The Balaban J connectivity index is 0.842. The van der Waals surface area contributed by atoms with Crippen molar-refractivity contribution in [3.05, 3.63) is 59.0 Å². The van der Waals surface area contributed by atoms with Crippen molar-refractivity contribution in [1.82, 2.24) is 29.9 Å². The standard InChI is InChI=1S/C43H52FN11O7/c1-43(2,3)41(61)62-25-54-34(56)12-11-33(40(54)60)55-38(58)29-9-8-28(22-30(29)39(55)59)53-16-13-26(24-53)23-50-17-19-51(20-18-50)32-10-7-27(21-31(32)44)46-37-35(36(45)57)48-49-42(47-37)52-14-5-4-6-15-52/h7-10,21-22,26,33H,4-6,11-20,23-25H2,1-3H3,(H2,45,57)(H,46,47,49). The van der Waals surface area contributed by atoms with Crippen LogP contribution < -0.4 is 25.8 Å². The van der Waals surface area contributed by atoms with E-state index in [9.17, 15) is 28.8 Å². The van der Waals surface area contributed by atoms with Gasteiger partial charge in [0.25, 0.3) is 23.6 Å². The molecular weight excluding hydrogens is 802 g/mol. The number of rotatable bonds is 11. The van der Waals surface area contributed by atoms with E-state index in [0.717, 1.165) is 87.0 Å². The average molecular weight is 854 g/mol. The molecule has 0 bridgehead atoms. The van der Waals surface area contributed by atoms with E-state index in [0.29, 0.717) is 36.3 Å². The van der Waals surface area contributed by atoms with Crippen molar-refractivity contribution >= 4 is 64.3 Å². The number of carbonyl (C=O) groups excluding carboxylic acids is 6. The van der Waals surface area contributed by atoms with Gasteiger partial charge in [0, 0.05) is 76.7 Å². The maximum Gasteiger partial charge on any atom is 0.312 e. The van der Waals surface area contributed by atoms with Crippen LogP contribution >= 0.6 is 0 Å². The molecule has 2 unspecified atom stereocenters. The molecule has 0 spiro atoms. The summed E-state index contributed by atoms with van der Waals surface area (Å²) >= 11 is 0. The molecule has 62 heavy (non-hydrogen) atoms. The zero-order valence-corrected chi connectivity index (χ0v) is 35.3. The SMILES string of the molecule is CC(C)(C)C(=O)OCN1C(=O)CCC(N2C(=O)c3ccc(N4CCC(CN5CCN(c6ccc(Nc7nc(N8CCCCC8)nnc7C(N)=O)cc6F)CC5)C4)cc3C2=O)C1=O. The lowest BCUT2D eigenvalue weighted by molar-refractivity contribution is -0.168. The van der Waals surface area contributed by atoms with Crippen molar-refractivity contribution in [1.29, 1.82) is 0 Å². The number of esters is 1. The largest absolute Gasteiger partial charge is 0.443 e. The first-order valence-corrected chi connectivity index (χ1v) is 21.3. The number of amides is 5. The molecule has 3 N–H and O–H groups in total. The van der Waals surface area contributed by atoms with Crippen LogP contribution in [0.25, 0.3) is 0 Å². The third-order valence-corrected chi connectivity index (χ3v) is 12.3. The molecule has 5 aliphatic rings. The molecule has 8 rings (SSSR count). The summed E-state index contributed by atoms with van der Waals surface area (Å²) in [5, 5.41) is 11.2. The third kappa shape index (κ3) is 8.62. The van der Waals surface area contributed by atoms with Crippen molar-refractivity contribution in [2.75, 3.05) is 85.7 Å². The summed E-state index contributed by atoms with van der Waals surface area (Å²) in [6.45, 7) is 11.1. The van der Waals surface area contributed by atoms with E-state index in [1.807, 2.05) is 15.9 Å². The lowest BCUT2D eigenvalue weighted by Gasteiger charge is -2.37. The van der Waals surface area contributed by atoms with Gasteiger partial charge in [-0.1, -0.05) is 0 Å².